The van der Waals surface area contributed by atoms with Gasteiger partial charge < -0.3 is 4.57 Å². The molecule has 0 bridgehead atoms. The minimum Gasteiger partial charge on any atom is -0.309 e. The molecule has 3 aromatic heterocycles. The molecule has 0 saturated heterocycles. The molecule has 0 atom stereocenters. The molecule has 0 amide bonds. The maximum Gasteiger partial charge on any atom is 0.164 e. The van der Waals surface area contributed by atoms with Crippen LogP contribution in [0.25, 0.3) is 126 Å². The molecule has 318 valence electrons. The number of hydrogen-bond donors (Lipinski definition) is 0. The Balaban J connectivity index is 1.03. The summed E-state index contributed by atoms with van der Waals surface area (Å²) in [6.45, 7) is 0. The smallest absolute Gasteiger partial charge is 0.164 e. The highest BCUT2D eigenvalue weighted by Crippen LogP contribution is 2.46. The van der Waals surface area contributed by atoms with Crippen molar-refractivity contribution < 1.29 is 0 Å². The Morgan fingerprint density at radius 1 is 0.279 bits per heavy atom. The molecule has 0 aliphatic rings. The number of para-hydroxylation sites is 2. The number of aromatic nitrogens is 4. The Morgan fingerprint density at radius 2 is 0.779 bits per heavy atom. The minimum atomic E-state index is 0.616. The molecule has 0 saturated carbocycles. The molecule has 68 heavy (non-hydrogen) atoms. The zero-order valence-corrected chi connectivity index (χ0v) is 37.6. The molecule has 0 spiro atoms. The molecule has 0 unspecified atom stereocenters. The van der Waals surface area contributed by atoms with E-state index in [1.54, 1.807) is 0 Å². The van der Waals surface area contributed by atoms with Crippen molar-refractivity contribution in [2.45, 2.75) is 0 Å². The number of hydrogen-bond acceptors (Lipinski definition) is 4. The first-order valence-electron chi connectivity index (χ1n) is 22.9. The monoisotopic (exact) mass is 884 g/mol. The van der Waals surface area contributed by atoms with Crippen LogP contribution in [0.1, 0.15) is 0 Å². The van der Waals surface area contributed by atoms with Crippen molar-refractivity contribution in [1.29, 1.82) is 0 Å². The lowest BCUT2D eigenvalue weighted by molar-refractivity contribution is 1.07. The van der Waals surface area contributed by atoms with Crippen LogP contribution in [0.5, 0.6) is 0 Å². The highest BCUT2D eigenvalue weighted by Gasteiger charge is 2.21. The zero-order valence-electron chi connectivity index (χ0n) is 36.8. The van der Waals surface area contributed by atoms with E-state index in [4.69, 9.17) is 15.0 Å². The Bertz CT molecular complexity index is 3940. The van der Waals surface area contributed by atoms with Gasteiger partial charge in [-0.3, -0.25) is 0 Å². The lowest BCUT2D eigenvalue weighted by Crippen LogP contribution is -2.01. The summed E-state index contributed by atoms with van der Waals surface area (Å²) in [6.07, 6.45) is 0. The quantitative estimate of drug-likeness (QED) is 0.153. The van der Waals surface area contributed by atoms with Crippen LogP contribution in [-0.4, -0.2) is 19.5 Å². The lowest BCUT2D eigenvalue weighted by atomic mass is 9.89. The van der Waals surface area contributed by atoms with Crippen molar-refractivity contribution in [3.05, 3.63) is 243 Å². The summed E-state index contributed by atoms with van der Waals surface area (Å²) in [7, 11) is 0. The van der Waals surface area contributed by atoms with Gasteiger partial charge in [-0.1, -0.05) is 194 Å². The van der Waals surface area contributed by atoms with E-state index in [1.165, 1.54) is 64.2 Å². The summed E-state index contributed by atoms with van der Waals surface area (Å²) < 4.78 is 4.89. The van der Waals surface area contributed by atoms with Crippen molar-refractivity contribution in [2.75, 3.05) is 0 Å². The molecule has 3 heterocycles. The van der Waals surface area contributed by atoms with Crippen molar-refractivity contribution >= 4 is 53.3 Å². The Labute approximate surface area is 397 Å². The van der Waals surface area contributed by atoms with Crippen LogP contribution in [-0.2, 0) is 0 Å². The van der Waals surface area contributed by atoms with E-state index in [9.17, 15) is 0 Å². The summed E-state index contributed by atoms with van der Waals surface area (Å²) in [5.74, 6) is 1.87. The third-order valence-electron chi connectivity index (χ3n) is 13.1. The van der Waals surface area contributed by atoms with E-state index < -0.39 is 0 Å². The van der Waals surface area contributed by atoms with Gasteiger partial charge in [-0.25, -0.2) is 15.0 Å². The largest absolute Gasteiger partial charge is 0.309 e. The zero-order chi connectivity index (χ0) is 45.0. The molecule has 5 heteroatoms. The third kappa shape index (κ3) is 6.88. The minimum absolute atomic E-state index is 0.616. The van der Waals surface area contributed by atoms with Crippen LogP contribution < -0.4 is 0 Å². The maximum atomic E-state index is 5.30. The van der Waals surface area contributed by atoms with Crippen LogP contribution in [0, 0.1) is 0 Å². The van der Waals surface area contributed by atoms with E-state index in [1.807, 2.05) is 47.7 Å². The van der Waals surface area contributed by atoms with Gasteiger partial charge >= 0.3 is 0 Å². The third-order valence-corrected chi connectivity index (χ3v) is 14.2. The summed E-state index contributed by atoms with van der Waals surface area (Å²) in [6, 6.07) is 86.4. The molecule has 13 aromatic rings. The lowest BCUT2D eigenvalue weighted by Gasteiger charge is -2.16. The number of benzene rings is 10. The fourth-order valence-corrected chi connectivity index (χ4v) is 11.0. The van der Waals surface area contributed by atoms with Gasteiger partial charge in [-0.15, -0.1) is 11.3 Å². The van der Waals surface area contributed by atoms with E-state index in [-0.39, 0.29) is 0 Å². The molecule has 0 aliphatic carbocycles. The van der Waals surface area contributed by atoms with Crippen molar-refractivity contribution in [3.63, 3.8) is 0 Å². The number of fused-ring (bicyclic) bond motifs is 7. The Kier molecular flexibility index (Phi) is 9.66. The Hall–Kier alpha value is -8.77. The molecule has 0 fully saturated rings. The van der Waals surface area contributed by atoms with Crippen LogP contribution >= 0.6 is 11.3 Å². The van der Waals surface area contributed by atoms with Crippen LogP contribution in [0.4, 0.5) is 0 Å². The van der Waals surface area contributed by atoms with Crippen molar-refractivity contribution in [3.8, 4) is 84.4 Å². The van der Waals surface area contributed by atoms with Gasteiger partial charge in [0.15, 0.2) is 17.5 Å². The SMILES string of the molecule is c1ccc(-c2nc(-c3ccccc3)nc(-c3cc(-c4ccc(-c5ccccc5)c(-c5ccccc5)c4)ccc3-c3ccc4c(c3)sc3ccc5c(c6ccccc6n5-c5ccccc5)c34)n2)cc1. The fraction of sp³-hybridized carbons (Fsp3) is 0. The second-order valence-electron chi connectivity index (χ2n) is 17.1. The average Bonchev–Trinajstić information content (AvgIpc) is 3.97. The molecule has 4 nitrogen and oxygen atoms in total. The van der Waals surface area contributed by atoms with Crippen molar-refractivity contribution in [2.24, 2.45) is 0 Å². The van der Waals surface area contributed by atoms with Gasteiger partial charge in [-0.05, 0) is 93.0 Å². The summed E-state index contributed by atoms with van der Waals surface area (Å²) >= 11 is 1.85. The van der Waals surface area contributed by atoms with Crippen LogP contribution in [0.2, 0.25) is 0 Å². The highest BCUT2D eigenvalue weighted by molar-refractivity contribution is 7.26. The van der Waals surface area contributed by atoms with Crippen LogP contribution in [0.15, 0.2) is 243 Å². The van der Waals surface area contributed by atoms with E-state index in [0.717, 1.165) is 44.6 Å². The second kappa shape index (κ2) is 16.6. The van der Waals surface area contributed by atoms with Gasteiger partial charge in [0.1, 0.15) is 0 Å². The van der Waals surface area contributed by atoms with E-state index >= 15 is 0 Å². The van der Waals surface area contributed by atoms with Gasteiger partial charge in [-0.2, -0.15) is 0 Å². The first-order chi connectivity index (χ1) is 33.7. The molecule has 10 aromatic carbocycles. The number of rotatable bonds is 8. The molecule has 0 radical (unpaired) electrons. The van der Waals surface area contributed by atoms with Crippen LogP contribution in [0.3, 0.4) is 0 Å². The predicted octanol–water partition coefficient (Wildman–Crippen LogP) is 17.0. The molecule has 0 aliphatic heterocycles. The van der Waals surface area contributed by atoms with E-state index in [2.05, 4.69) is 211 Å². The topological polar surface area (TPSA) is 43.6 Å². The summed E-state index contributed by atoms with van der Waals surface area (Å²) in [4.78, 5) is 15.7. The predicted molar refractivity (Wildman–Crippen MR) is 285 cm³/mol. The number of thiophene rings is 1. The van der Waals surface area contributed by atoms with Gasteiger partial charge in [0.2, 0.25) is 0 Å². The van der Waals surface area contributed by atoms with E-state index in [0.29, 0.717) is 17.5 Å². The molecular formula is C63H40N4S. The van der Waals surface area contributed by atoms with Gasteiger partial charge in [0, 0.05) is 53.3 Å². The summed E-state index contributed by atoms with van der Waals surface area (Å²) in [5.41, 5.74) is 15.4. The average molecular weight is 885 g/mol. The summed E-state index contributed by atoms with van der Waals surface area (Å²) in [5, 5.41) is 5.08. The first kappa shape index (κ1) is 39.6. The molecule has 0 N–H and O–H groups in total. The van der Waals surface area contributed by atoms with Gasteiger partial charge in [0.25, 0.3) is 0 Å². The standard InChI is InChI=1S/C63H40N4S/c1-6-18-41(19-7-1)49-33-30-45(38-53(49)42-20-8-2-9-21-42)46-31-34-50(54(39-46)63-65-61(43-22-10-3-11-23-43)64-62(66-63)44-24-12-4-13-25-44)47-32-35-52-58(40-47)68-57-37-36-56-59(60(52)57)51-28-16-17-29-55(51)67(56)48-26-14-5-15-27-48/h1-40H. The second-order valence-corrected chi connectivity index (χ2v) is 18.2. The molecule has 13 rings (SSSR count). The van der Waals surface area contributed by atoms with Crippen molar-refractivity contribution in [1.82, 2.24) is 19.5 Å². The van der Waals surface area contributed by atoms with Gasteiger partial charge in [0.05, 0.1) is 11.0 Å². The normalized spacial score (nSPS) is 11.5. The highest BCUT2D eigenvalue weighted by atomic mass is 32.1. The Morgan fingerprint density at radius 3 is 1.41 bits per heavy atom. The number of nitrogens with zero attached hydrogens (tertiary/aromatic N) is 4. The fourth-order valence-electron chi connectivity index (χ4n) is 9.89. The maximum absolute atomic E-state index is 5.30. The first-order valence-corrected chi connectivity index (χ1v) is 23.7. The molecular weight excluding hydrogens is 845 g/mol.